The van der Waals surface area contributed by atoms with Gasteiger partial charge in [-0.25, -0.2) is 0 Å². The third-order valence-electron chi connectivity index (χ3n) is 13.8. The Morgan fingerprint density at radius 3 is 0.803 bits per heavy atom. The van der Waals surface area contributed by atoms with Crippen molar-refractivity contribution in [2.75, 3.05) is 19.8 Å². The zero-order valence-electron chi connectivity index (χ0n) is 45.2. The van der Waals surface area contributed by atoms with Crippen molar-refractivity contribution in [3.8, 4) is 0 Å². The molecule has 0 amide bonds. The Morgan fingerprint density at radius 1 is 0.303 bits per heavy atom. The van der Waals surface area contributed by atoms with Crippen molar-refractivity contribution in [1.82, 2.24) is 0 Å². The molecular weight excluding hydrogens is 813 g/mol. The molecule has 0 aromatic rings. The van der Waals surface area contributed by atoms with Gasteiger partial charge in [0.05, 0.1) is 0 Å². The quantitative estimate of drug-likeness (QED) is 0.0345. The molecule has 0 spiro atoms. The van der Waals surface area contributed by atoms with Gasteiger partial charge in [-0.05, 0) is 44.9 Å². The second-order valence-corrected chi connectivity index (χ2v) is 20.6. The average molecular weight is 932 g/mol. The first-order chi connectivity index (χ1) is 32.6. The van der Waals surface area contributed by atoms with Crippen LogP contribution in [0.4, 0.5) is 0 Å². The van der Waals surface area contributed by atoms with Gasteiger partial charge < -0.3 is 14.2 Å². The molecule has 0 unspecified atom stereocenters. The Labute approximate surface area is 414 Å². The first-order valence-corrected chi connectivity index (χ1v) is 30.2. The summed E-state index contributed by atoms with van der Waals surface area (Å²) in [5.74, 6) is -0.311. The molecule has 0 aromatic carbocycles. The van der Waals surface area contributed by atoms with Crippen molar-refractivity contribution in [3.05, 3.63) is 12.2 Å². The molecule has 5 nitrogen and oxygen atoms in total. The molecule has 0 aliphatic heterocycles. The fourth-order valence-corrected chi connectivity index (χ4v) is 9.25. The van der Waals surface area contributed by atoms with E-state index in [1.165, 1.54) is 270 Å². The fourth-order valence-electron chi connectivity index (χ4n) is 9.25. The van der Waals surface area contributed by atoms with Crippen LogP contribution in [0.3, 0.4) is 0 Å². The molecule has 0 aliphatic carbocycles. The van der Waals surface area contributed by atoms with Gasteiger partial charge in [-0.2, -0.15) is 0 Å². The van der Waals surface area contributed by atoms with Crippen LogP contribution in [0.25, 0.3) is 0 Å². The minimum absolute atomic E-state index is 0.154. The Morgan fingerprint density at radius 2 is 0.530 bits per heavy atom. The van der Waals surface area contributed by atoms with Gasteiger partial charge in [0, 0.05) is 19.4 Å². The topological polar surface area (TPSA) is 61.8 Å². The largest absolute Gasteiger partial charge is 0.463 e. The van der Waals surface area contributed by atoms with Crippen molar-refractivity contribution < 1.29 is 23.8 Å². The van der Waals surface area contributed by atoms with Crippen LogP contribution in [0.5, 0.6) is 0 Å². The van der Waals surface area contributed by atoms with Gasteiger partial charge in [-0.15, -0.1) is 0 Å². The number of unbranched alkanes of at least 4 members (excludes halogenated alkanes) is 44. The van der Waals surface area contributed by atoms with E-state index < -0.39 is 6.10 Å². The zero-order valence-corrected chi connectivity index (χ0v) is 45.2. The highest BCUT2D eigenvalue weighted by Crippen LogP contribution is 2.17. The minimum atomic E-state index is -0.392. The van der Waals surface area contributed by atoms with Gasteiger partial charge in [-0.3, -0.25) is 9.59 Å². The number of rotatable bonds is 57. The lowest BCUT2D eigenvalue weighted by molar-refractivity contribution is -0.155. The summed E-state index contributed by atoms with van der Waals surface area (Å²) < 4.78 is 17.6. The van der Waals surface area contributed by atoms with E-state index >= 15 is 0 Å². The maximum Gasteiger partial charge on any atom is 0.305 e. The van der Waals surface area contributed by atoms with Crippen molar-refractivity contribution in [2.24, 2.45) is 0 Å². The van der Waals surface area contributed by atoms with Gasteiger partial charge in [0.25, 0.3) is 0 Å². The molecular formula is C61H118O5. The number of carbonyl (C=O) groups excluding carboxylic acids is 2. The summed E-state index contributed by atoms with van der Waals surface area (Å²) in [5.41, 5.74) is 0. The van der Waals surface area contributed by atoms with E-state index in [4.69, 9.17) is 14.2 Å². The number of hydrogen-bond acceptors (Lipinski definition) is 5. The van der Waals surface area contributed by atoms with Gasteiger partial charge in [0.2, 0.25) is 0 Å². The number of hydrogen-bond donors (Lipinski definition) is 0. The summed E-state index contributed by atoms with van der Waals surface area (Å²) >= 11 is 0. The molecule has 0 fully saturated rings. The van der Waals surface area contributed by atoms with Crippen LogP contribution in [0.1, 0.15) is 342 Å². The Hall–Kier alpha value is -1.36. The van der Waals surface area contributed by atoms with Crippen molar-refractivity contribution >= 4 is 11.9 Å². The Kier molecular flexibility index (Phi) is 56.8. The zero-order chi connectivity index (χ0) is 47.7. The average Bonchev–Trinajstić information content (AvgIpc) is 3.32. The number of ether oxygens (including phenoxy) is 3. The van der Waals surface area contributed by atoms with Crippen LogP contribution in [-0.2, 0) is 23.8 Å². The van der Waals surface area contributed by atoms with Crippen molar-refractivity contribution in [3.63, 3.8) is 0 Å². The molecule has 5 heteroatoms. The molecule has 0 saturated carbocycles. The van der Waals surface area contributed by atoms with Crippen LogP contribution >= 0.6 is 0 Å². The molecule has 1 atom stereocenters. The monoisotopic (exact) mass is 931 g/mol. The lowest BCUT2D eigenvalue weighted by Crippen LogP contribution is -2.29. The molecule has 0 radical (unpaired) electrons. The van der Waals surface area contributed by atoms with Gasteiger partial charge in [0.15, 0.2) is 0 Å². The molecule has 66 heavy (non-hydrogen) atoms. The standard InChI is InChI=1S/C61H118O5/c1-4-7-10-13-16-19-22-25-28-30-31-32-34-37-40-43-46-49-52-55-61(63)66-58-59(64-56-53-50-47-44-41-38-35-29-26-23-20-17-14-11-8-5-2)57-65-60(62)54-51-48-45-42-39-36-33-27-24-21-18-15-12-9-6-3/h25,28,59H,4-24,26-27,29-58H2,1-3H3/b28-25-/t59-/m0/s1. The van der Waals surface area contributed by atoms with Crippen LogP contribution in [0, 0.1) is 0 Å². The maximum atomic E-state index is 12.7. The van der Waals surface area contributed by atoms with E-state index in [9.17, 15) is 9.59 Å². The summed E-state index contributed by atoms with van der Waals surface area (Å²) in [5, 5.41) is 0. The molecule has 0 heterocycles. The van der Waals surface area contributed by atoms with Crippen LogP contribution < -0.4 is 0 Å². The van der Waals surface area contributed by atoms with E-state index in [1.807, 2.05) is 0 Å². The molecule has 392 valence electrons. The SMILES string of the molecule is CCCCCCCC/C=C\CCCCCCCCCCCC(=O)OC[C@H](COC(=O)CCCCCCCCCCCCCCCCC)OCCCCCCCCCCCCCCCCCC. The number of esters is 2. The van der Waals surface area contributed by atoms with Crippen molar-refractivity contribution in [2.45, 2.75) is 348 Å². The molecule has 0 bridgehead atoms. The molecule has 0 aliphatic rings. The minimum Gasteiger partial charge on any atom is -0.463 e. The van der Waals surface area contributed by atoms with E-state index in [0.29, 0.717) is 19.4 Å². The Bertz CT molecular complexity index is 963. The summed E-state index contributed by atoms with van der Waals surface area (Å²) in [7, 11) is 0. The molecule has 0 aromatic heterocycles. The highest BCUT2D eigenvalue weighted by Gasteiger charge is 2.16. The van der Waals surface area contributed by atoms with Crippen LogP contribution in [-0.4, -0.2) is 37.9 Å². The predicted octanol–water partition coefficient (Wildman–Crippen LogP) is 20.6. The van der Waals surface area contributed by atoms with E-state index in [-0.39, 0.29) is 25.2 Å². The molecule has 0 N–H and O–H groups in total. The first-order valence-electron chi connectivity index (χ1n) is 30.2. The summed E-state index contributed by atoms with van der Waals surface area (Å²) in [6.07, 6.45) is 68.3. The fraction of sp³-hybridized carbons (Fsp3) is 0.934. The lowest BCUT2D eigenvalue weighted by Gasteiger charge is -2.18. The second-order valence-electron chi connectivity index (χ2n) is 20.6. The summed E-state index contributed by atoms with van der Waals surface area (Å²) in [6, 6.07) is 0. The highest BCUT2D eigenvalue weighted by molar-refractivity contribution is 5.69. The van der Waals surface area contributed by atoms with Gasteiger partial charge in [-0.1, -0.05) is 296 Å². The number of carbonyl (C=O) groups is 2. The second kappa shape index (κ2) is 58.0. The first kappa shape index (κ1) is 64.6. The van der Waals surface area contributed by atoms with Crippen LogP contribution in [0.2, 0.25) is 0 Å². The third kappa shape index (κ3) is 55.2. The third-order valence-corrected chi connectivity index (χ3v) is 13.8. The maximum absolute atomic E-state index is 12.7. The van der Waals surface area contributed by atoms with E-state index in [0.717, 1.165) is 38.5 Å². The van der Waals surface area contributed by atoms with Crippen LogP contribution in [0.15, 0.2) is 12.2 Å². The smallest absolute Gasteiger partial charge is 0.305 e. The van der Waals surface area contributed by atoms with Gasteiger partial charge in [0.1, 0.15) is 19.3 Å². The summed E-state index contributed by atoms with van der Waals surface area (Å²) in [4.78, 5) is 25.3. The van der Waals surface area contributed by atoms with Crippen molar-refractivity contribution in [1.29, 1.82) is 0 Å². The summed E-state index contributed by atoms with van der Waals surface area (Å²) in [6.45, 7) is 7.81. The van der Waals surface area contributed by atoms with E-state index in [2.05, 4.69) is 32.9 Å². The normalized spacial score (nSPS) is 12.1. The molecule has 0 rings (SSSR count). The van der Waals surface area contributed by atoms with E-state index in [1.54, 1.807) is 0 Å². The molecule has 0 saturated heterocycles. The number of allylic oxidation sites excluding steroid dienone is 2. The van der Waals surface area contributed by atoms with Gasteiger partial charge >= 0.3 is 11.9 Å². The highest BCUT2D eigenvalue weighted by atomic mass is 16.6. The predicted molar refractivity (Wildman–Crippen MR) is 289 cm³/mol. The lowest BCUT2D eigenvalue weighted by atomic mass is 10.0. The Balaban J connectivity index is 4.18.